The molecule has 2 aromatic carbocycles. The van der Waals surface area contributed by atoms with Crippen molar-refractivity contribution in [2.75, 3.05) is 25.0 Å². The number of halogens is 1. The van der Waals surface area contributed by atoms with E-state index < -0.39 is 10.0 Å². The van der Waals surface area contributed by atoms with E-state index >= 15 is 0 Å². The lowest BCUT2D eigenvalue weighted by atomic mass is 10.3. The average molecular weight is 386 g/mol. The van der Waals surface area contributed by atoms with E-state index in [1.165, 1.54) is 25.3 Å². The number of benzene rings is 2. The Labute approximate surface area is 152 Å². The Morgan fingerprint density at radius 1 is 0.960 bits per heavy atom. The molecular weight excluding hydrogens is 366 g/mol. The molecule has 0 radical (unpaired) electrons. The third kappa shape index (κ3) is 4.70. The van der Waals surface area contributed by atoms with Crippen LogP contribution < -0.4 is 18.9 Å². The van der Waals surface area contributed by atoms with Crippen LogP contribution in [0.1, 0.15) is 13.8 Å². The Balaban J connectivity index is 2.32. The zero-order chi connectivity index (χ0) is 18.4. The molecule has 0 bridgehead atoms. The van der Waals surface area contributed by atoms with Gasteiger partial charge in [-0.25, -0.2) is 8.42 Å². The SMILES string of the molecule is CCOc1ccc(S(=O)(=O)Nc2ccc(OC)c(Cl)c2)cc1OCC. The Morgan fingerprint density at radius 3 is 2.20 bits per heavy atom. The minimum atomic E-state index is -3.81. The Kier molecular flexibility index (Phi) is 6.39. The fourth-order valence-electron chi connectivity index (χ4n) is 2.14. The minimum Gasteiger partial charge on any atom is -0.495 e. The smallest absolute Gasteiger partial charge is 0.262 e. The standard InChI is InChI=1S/C17H20ClNO5S/c1-4-23-16-9-7-13(11-17(16)24-5-2)25(20,21)19-12-6-8-15(22-3)14(18)10-12/h6-11,19H,4-5H2,1-3H3. The number of hydrogen-bond acceptors (Lipinski definition) is 5. The van der Waals surface area contributed by atoms with Gasteiger partial charge in [0.15, 0.2) is 11.5 Å². The molecule has 0 aliphatic carbocycles. The van der Waals surface area contributed by atoms with Gasteiger partial charge in [-0.05, 0) is 44.2 Å². The molecule has 25 heavy (non-hydrogen) atoms. The summed E-state index contributed by atoms with van der Waals surface area (Å²) < 4.78 is 43.7. The molecule has 0 aliphatic heterocycles. The molecule has 2 rings (SSSR count). The molecule has 0 saturated heterocycles. The van der Waals surface area contributed by atoms with E-state index in [0.29, 0.717) is 41.2 Å². The van der Waals surface area contributed by atoms with Gasteiger partial charge in [-0.1, -0.05) is 11.6 Å². The second-order valence-electron chi connectivity index (χ2n) is 4.93. The largest absolute Gasteiger partial charge is 0.495 e. The fraction of sp³-hybridized carbons (Fsp3) is 0.294. The summed E-state index contributed by atoms with van der Waals surface area (Å²) in [6.45, 7) is 4.50. The normalized spacial score (nSPS) is 11.0. The van der Waals surface area contributed by atoms with Crippen LogP contribution in [0.25, 0.3) is 0 Å². The van der Waals surface area contributed by atoms with E-state index in [0.717, 1.165) is 0 Å². The third-order valence-corrected chi connectivity index (χ3v) is 4.90. The zero-order valence-electron chi connectivity index (χ0n) is 14.2. The van der Waals surface area contributed by atoms with Crippen molar-refractivity contribution >= 4 is 27.3 Å². The van der Waals surface area contributed by atoms with Crippen LogP contribution in [0.15, 0.2) is 41.3 Å². The first-order chi connectivity index (χ1) is 11.9. The number of sulfonamides is 1. The molecule has 0 unspecified atom stereocenters. The van der Waals surface area contributed by atoms with E-state index in [-0.39, 0.29) is 4.90 Å². The zero-order valence-corrected chi connectivity index (χ0v) is 15.8. The maximum Gasteiger partial charge on any atom is 0.262 e. The van der Waals surface area contributed by atoms with Gasteiger partial charge in [-0.3, -0.25) is 4.72 Å². The van der Waals surface area contributed by atoms with Gasteiger partial charge < -0.3 is 14.2 Å². The first kappa shape index (κ1) is 19.2. The predicted octanol–water partition coefficient (Wildman–Crippen LogP) is 3.95. The third-order valence-electron chi connectivity index (χ3n) is 3.23. The van der Waals surface area contributed by atoms with E-state index in [1.54, 1.807) is 18.2 Å². The number of nitrogens with one attached hydrogen (secondary N) is 1. The molecule has 0 fully saturated rings. The first-order valence-corrected chi connectivity index (χ1v) is 9.53. The van der Waals surface area contributed by atoms with Gasteiger partial charge >= 0.3 is 0 Å². The van der Waals surface area contributed by atoms with Crippen LogP contribution >= 0.6 is 11.6 Å². The van der Waals surface area contributed by atoms with Gasteiger partial charge in [0, 0.05) is 6.07 Å². The summed E-state index contributed by atoms with van der Waals surface area (Å²) in [5.41, 5.74) is 0.331. The molecule has 136 valence electrons. The van der Waals surface area contributed by atoms with Crippen LogP contribution in [-0.4, -0.2) is 28.7 Å². The van der Waals surface area contributed by atoms with Crippen LogP contribution in [0.2, 0.25) is 5.02 Å². The number of hydrogen-bond donors (Lipinski definition) is 1. The first-order valence-electron chi connectivity index (χ1n) is 7.67. The summed E-state index contributed by atoms with van der Waals surface area (Å²) in [5, 5.41) is 0.310. The van der Waals surface area contributed by atoms with E-state index in [9.17, 15) is 8.42 Å². The van der Waals surface area contributed by atoms with Crippen LogP contribution in [0, 0.1) is 0 Å². The molecule has 1 N–H and O–H groups in total. The number of anilines is 1. The van der Waals surface area contributed by atoms with Crippen molar-refractivity contribution in [1.82, 2.24) is 0 Å². The van der Waals surface area contributed by atoms with Crippen LogP contribution in [0.3, 0.4) is 0 Å². The van der Waals surface area contributed by atoms with Crippen molar-refractivity contribution in [3.05, 3.63) is 41.4 Å². The Morgan fingerprint density at radius 2 is 1.60 bits per heavy atom. The highest BCUT2D eigenvalue weighted by Crippen LogP contribution is 2.32. The lowest BCUT2D eigenvalue weighted by molar-refractivity contribution is 0.287. The van der Waals surface area contributed by atoms with Crippen molar-refractivity contribution < 1.29 is 22.6 Å². The van der Waals surface area contributed by atoms with Gasteiger partial charge in [0.05, 0.1) is 35.9 Å². The molecule has 0 aromatic heterocycles. The quantitative estimate of drug-likeness (QED) is 0.744. The molecular formula is C17H20ClNO5S. The van der Waals surface area contributed by atoms with Gasteiger partial charge in [-0.2, -0.15) is 0 Å². The lowest BCUT2D eigenvalue weighted by Crippen LogP contribution is -2.13. The predicted molar refractivity (Wildman–Crippen MR) is 97.6 cm³/mol. The summed E-state index contributed by atoms with van der Waals surface area (Å²) in [6.07, 6.45) is 0. The van der Waals surface area contributed by atoms with Gasteiger partial charge in [-0.15, -0.1) is 0 Å². The van der Waals surface area contributed by atoms with Crippen LogP contribution in [-0.2, 0) is 10.0 Å². The molecule has 2 aromatic rings. The second-order valence-corrected chi connectivity index (χ2v) is 7.02. The van der Waals surface area contributed by atoms with Gasteiger partial charge in [0.25, 0.3) is 10.0 Å². The van der Waals surface area contributed by atoms with Gasteiger partial charge in [0.2, 0.25) is 0 Å². The molecule has 0 spiro atoms. The number of ether oxygens (including phenoxy) is 3. The summed E-state index contributed by atoms with van der Waals surface area (Å²) in [5.74, 6) is 1.33. The topological polar surface area (TPSA) is 73.9 Å². The molecule has 0 aliphatic rings. The van der Waals surface area contributed by atoms with E-state index in [4.69, 9.17) is 25.8 Å². The number of rotatable bonds is 8. The Hall–Kier alpha value is -2.12. The highest BCUT2D eigenvalue weighted by Gasteiger charge is 2.18. The number of methoxy groups -OCH3 is 1. The molecule has 0 amide bonds. The van der Waals surface area contributed by atoms with Crippen molar-refractivity contribution in [2.24, 2.45) is 0 Å². The average Bonchev–Trinajstić information content (AvgIpc) is 2.56. The fourth-order valence-corrected chi connectivity index (χ4v) is 3.46. The van der Waals surface area contributed by atoms with E-state index in [2.05, 4.69) is 4.72 Å². The lowest BCUT2D eigenvalue weighted by Gasteiger charge is -2.14. The molecule has 8 heteroatoms. The van der Waals surface area contributed by atoms with E-state index in [1.807, 2.05) is 13.8 Å². The molecule has 0 atom stereocenters. The maximum atomic E-state index is 12.6. The summed E-state index contributed by atoms with van der Waals surface area (Å²) in [6, 6.07) is 9.10. The summed E-state index contributed by atoms with van der Waals surface area (Å²) in [7, 11) is -2.32. The highest BCUT2D eigenvalue weighted by atomic mass is 35.5. The van der Waals surface area contributed by atoms with Crippen molar-refractivity contribution in [3.63, 3.8) is 0 Å². The van der Waals surface area contributed by atoms with Crippen molar-refractivity contribution in [3.8, 4) is 17.2 Å². The van der Waals surface area contributed by atoms with Crippen LogP contribution in [0.5, 0.6) is 17.2 Å². The highest BCUT2D eigenvalue weighted by molar-refractivity contribution is 7.92. The van der Waals surface area contributed by atoms with Gasteiger partial charge in [0.1, 0.15) is 5.75 Å². The monoisotopic (exact) mass is 385 g/mol. The molecule has 0 saturated carbocycles. The minimum absolute atomic E-state index is 0.0614. The van der Waals surface area contributed by atoms with Crippen LogP contribution in [0.4, 0.5) is 5.69 Å². The second kappa shape index (κ2) is 8.31. The maximum absolute atomic E-state index is 12.6. The molecule has 6 nitrogen and oxygen atoms in total. The molecule has 0 heterocycles. The van der Waals surface area contributed by atoms with Crippen molar-refractivity contribution in [1.29, 1.82) is 0 Å². The Bertz CT molecular complexity index is 839. The summed E-state index contributed by atoms with van der Waals surface area (Å²) >= 11 is 6.03. The van der Waals surface area contributed by atoms with Crippen molar-refractivity contribution in [2.45, 2.75) is 18.7 Å². The summed E-state index contributed by atoms with van der Waals surface area (Å²) in [4.78, 5) is 0.0614.